The molecule has 1 amide bonds. The zero-order chi connectivity index (χ0) is 21.1. The van der Waals surface area contributed by atoms with Crippen LogP contribution in [0.25, 0.3) is 6.08 Å². The van der Waals surface area contributed by atoms with Crippen molar-refractivity contribution >= 4 is 12.0 Å². The Hall–Kier alpha value is -1.77. The van der Waals surface area contributed by atoms with Crippen LogP contribution in [0.4, 0.5) is 0 Å². The van der Waals surface area contributed by atoms with Crippen molar-refractivity contribution in [3.63, 3.8) is 0 Å². The number of carbonyl (C=O) groups excluding carboxylic acids is 1. The molecule has 0 aromatic heterocycles. The molecule has 0 radical (unpaired) electrons. The number of fused-ring (bicyclic) bond motifs is 5. The first-order valence-corrected chi connectivity index (χ1v) is 12.0. The van der Waals surface area contributed by atoms with Gasteiger partial charge in [-0.05, 0) is 79.6 Å². The van der Waals surface area contributed by atoms with Gasteiger partial charge in [0.1, 0.15) is 5.75 Å². The molecule has 0 bridgehead atoms. The van der Waals surface area contributed by atoms with Crippen LogP contribution in [0.3, 0.4) is 0 Å². The number of likely N-dealkylation sites (tertiary alicyclic amines) is 1. The van der Waals surface area contributed by atoms with E-state index in [1.54, 1.807) is 12.7 Å². The highest BCUT2D eigenvalue weighted by atomic mass is 16.5. The van der Waals surface area contributed by atoms with Gasteiger partial charge >= 0.3 is 0 Å². The average Bonchev–Trinajstić information content (AvgIpc) is 3.08. The van der Waals surface area contributed by atoms with Gasteiger partial charge in [0.2, 0.25) is 5.91 Å². The first-order chi connectivity index (χ1) is 14.4. The van der Waals surface area contributed by atoms with E-state index < -0.39 is 0 Å². The van der Waals surface area contributed by atoms with Crippen LogP contribution in [0.5, 0.6) is 5.75 Å². The van der Waals surface area contributed by atoms with Crippen LogP contribution in [0.15, 0.2) is 29.8 Å². The van der Waals surface area contributed by atoms with E-state index in [0.717, 1.165) is 36.3 Å². The van der Waals surface area contributed by atoms with Crippen molar-refractivity contribution in [3.05, 3.63) is 35.4 Å². The van der Waals surface area contributed by atoms with Crippen molar-refractivity contribution in [3.8, 4) is 5.75 Å². The minimum Gasteiger partial charge on any atom is -0.496 e. The van der Waals surface area contributed by atoms with Gasteiger partial charge in [0, 0.05) is 25.1 Å². The molecule has 1 aromatic rings. The van der Waals surface area contributed by atoms with E-state index in [4.69, 9.17) is 4.74 Å². The van der Waals surface area contributed by atoms with Crippen molar-refractivity contribution in [2.45, 2.75) is 71.3 Å². The number of allylic oxidation sites excluding steroid dienone is 1. The Morgan fingerprint density at radius 2 is 1.83 bits per heavy atom. The fraction of sp³-hybridized carbons (Fsp3) is 0.667. The van der Waals surface area contributed by atoms with E-state index in [0.29, 0.717) is 22.8 Å². The van der Waals surface area contributed by atoms with E-state index in [1.165, 1.54) is 44.1 Å². The number of hydrogen-bond donors (Lipinski definition) is 0. The maximum atomic E-state index is 12.4. The lowest BCUT2D eigenvalue weighted by Crippen LogP contribution is -2.61. The number of methoxy groups -OCH3 is 1. The third kappa shape index (κ3) is 2.80. The van der Waals surface area contributed by atoms with Gasteiger partial charge in [-0.25, -0.2) is 0 Å². The first-order valence-electron chi connectivity index (χ1n) is 12.0. The van der Waals surface area contributed by atoms with Crippen molar-refractivity contribution in [1.82, 2.24) is 4.90 Å². The van der Waals surface area contributed by atoms with Crippen LogP contribution in [-0.2, 0) is 4.79 Å². The second-order valence-corrected chi connectivity index (χ2v) is 10.9. The molecule has 3 saturated carbocycles. The van der Waals surface area contributed by atoms with Crippen LogP contribution in [-0.4, -0.2) is 31.0 Å². The number of hydrogen-bond acceptors (Lipinski definition) is 2. The predicted octanol–water partition coefficient (Wildman–Crippen LogP) is 5.94. The monoisotopic (exact) mass is 407 g/mol. The summed E-state index contributed by atoms with van der Waals surface area (Å²) in [5, 5.41) is 0. The van der Waals surface area contributed by atoms with E-state index in [-0.39, 0.29) is 0 Å². The lowest BCUT2D eigenvalue weighted by molar-refractivity contribution is -0.156. The minimum absolute atomic E-state index is 0.308. The van der Waals surface area contributed by atoms with Crippen LogP contribution in [0.2, 0.25) is 0 Å². The summed E-state index contributed by atoms with van der Waals surface area (Å²) in [6, 6.07) is 8.88. The Balaban J connectivity index is 1.45. The molecule has 5 rings (SSSR count). The molecule has 162 valence electrons. The number of ether oxygens (including phenoxy) is 1. The Bertz CT molecular complexity index is 875. The highest BCUT2D eigenvalue weighted by Gasteiger charge is 2.60. The van der Waals surface area contributed by atoms with E-state index in [1.807, 2.05) is 0 Å². The van der Waals surface area contributed by atoms with Gasteiger partial charge in [0.15, 0.2) is 0 Å². The largest absolute Gasteiger partial charge is 0.496 e. The Labute approximate surface area is 181 Å². The lowest BCUT2D eigenvalue weighted by Gasteiger charge is -2.61. The summed E-state index contributed by atoms with van der Waals surface area (Å²) < 4.78 is 5.62. The molecule has 3 aliphatic carbocycles. The van der Waals surface area contributed by atoms with E-state index in [9.17, 15) is 4.79 Å². The SMILES string of the molecule is COc1ccccc1/C=C1\CC[C@H]2[C@@H]3CC[C@H]4N(C)C(=O)CC[C@]4(C)[C@H]3CC[C@]12C. The normalized spacial score (nSPS) is 41.9. The predicted molar refractivity (Wildman–Crippen MR) is 121 cm³/mol. The average molecular weight is 408 g/mol. The van der Waals surface area contributed by atoms with Gasteiger partial charge in [-0.3, -0.25) is 4.79 Å². The molecule has 1 saturated heterocycles. The zero-order valence-corrected chi connectivity index (χ0v) is 19.1. The number of rotatable bonds is 2. The number of para-hydroxylation sites is 1. The molecule has 6 atom stereocenters. The van der Waals surface area contributed by atoms with Crippen molar-refractivity contribution < 1.29 is 9.53 Å². The van der Waals surface area contributed by atoms with E-state index >= 15 is 0 Å². The molecule has 4 aliphatic rings. The third-order valence-electron chi connectivity index (χ3n) is 9.87. The highest BCUT2D eigenvalue weighted by Crippen LogP contribution is 2.66. The molecular weight excluding hydrogens is 370 g/mol. The Morgan fingerprint density at radius 3 is 2.63 bits per heavy atom. The fourth-order valence-corrected chi connectivity index (χ4v) is 8.21. The Kier molecular flexibility index (Phi) is 4.79. The number of benzene rings is 1. The summed E-state index contributed by atoms with van der Waals surface area (Å²) in [6.45, 7) is 5.06. The van der Waals surface area contributed by atoms with Gasteiger partial charge in [-0.1, -0.05) is 43.7 Å². The molecule has 1 heterocycles. The zero-order valence-electron chi connectivity index (χ0n) is 19.1. The standard InChI is InChI=1S/C27H37NO2/c1-26-15-13-22-20(10-12-24-27(22,2)16-14-25(29)28(24)3)21(26)11-9-19(26)17-18-7-5-6-8-23(18)30-4/h5-8,17,20-22,24H,9-16H2,1-4H3/b19-17+/t20-,21-,22-,24+,26+,27+/m0/s1. The molecular formula is C27H37NO2. The summed E-state index contributed by atoms with van der Waals surface area (Å²) in [6.07, 6.45) is 11.9. The summed E-state index contributed by atoms with van der Waals surface area (Å²) in [5.74, 6) is 3.72. The van der Waals surface area contributed by atoms with Gasteiger partial charge in [0.05, 0.1) is 7.11 Å². The summed E-state index contributed by atoms with van der Waals surface area (Å²) in [5.41, 5.74) is 3.49. The van der Waals surface area contributed by atoms with E-state index in [2.05, 4.69) is 56.1 Å². The van der Waals surface area contributed by atoms with Crippen LogP contribution in [0.1, 0.15) is 70.8 Å². The van der Waals surface area contributed by atoms with Gasteiger partial charge in [-0.15, -0.1) is 0 Å². The third-order valence-corrected chi connectivity index (χ3v) is 9.87. The quantitative estimate of drug-likeness (QED) is 0.607. The molecule has 4 fully saturated rings. The smallest absolute Gasteiger partial charge is 0.222 e. The molecule has 0 spiro atoms. The summed E-state index contributed by atoms with van der Waals surface area (Å²) in [4.78, 5) is 14.5. The maximum absolute atomic E-state index is 12.4. The van der Waals surface area contributed by atoms with Gasteiger partial charge in [0.25, 0.3) is 0 Å². The number of nitrogens with zero attached hydrogens (tertiary/aromatic N) is 1. The molecule has 1 aliphatic heterocycles. The molecule has 0 unspecified atom stereocenters. The van der Waals surface area contributed by atoms with Crippen LogP contribution in [0, 0.1) is 28.6 Å². The molecule has 3 nitrogen and oxygen atoms in total. The van der Waals surface area contributed by atoms with Gasteiger partial charge < -0.3 is 9.64 Å². The van der Waals surface area contributed by atoms with Crippen molar-refractivity contribution in [2.24, 2.45) is 28.6 Å². The molecule has 1 aromatic carbocycles. The summed E-state index contributed by atoms with van der Waals surface area (Å²) >= 11 is 0. The highest BCUT2D eigenvalue weighted by molar-refractivity contribution is 5.77. The van der Waals surface area contributed by atoms with Crippen LogP contribution < -0.4 is 4.74 Å². The molecule has 3 heteroatoms. The van der Waals surface area contributed by atoms with Gasteiger partial charge in [-0.2, -0.15) is 0 Å². The van der Waals surface area contributed by atoms with Crippen molar-refractivity contribution in [2.75, 3.05) is 14.2 Å². The second-order valence-electron chi connectivity index (χ2n) is 10.9. The molecule has 30 heavy (non-hydrogen) atoms. The second kappa shape index (κ2) is 7.14. The lowest BCUT2D eigenvalue weighted by atomic mass is 9.47. The minimum atomic E-state index is 0.308. The van der Waals surface area contributed by atoms with Crippen LogP contribution >= 0.6 is 0 Å². The Morgan fingerprint density at radius 1 is 1.03 bits per heavy atom. The topological polar surface area (TPSA) is 29.5 Å². The number of carbonyl (C=O) groups is 1. The number of amides is 1. The molecule has 0 N–H and O–H groups in total. The summed E-state index contributed by atoms with van der Waals surface area (Å²) in [7, 11) is 3.83. The maximum Gasteiger partial charge on any atom is 0.222 e. The fourth-order valence-electron chi connectivity index (χ4n) is 8.21. The van der Waals surface area contributed by atoms with Crippen molar-refractivity contribution in [1.29, 1.82) is 0 Å². The first kappa shape index (κ1) is 20.2. The number of piperidine rings is 1.